The van der Waals surface area contributed by atoms with Gasteiger partial charge in [-0.25, -0.2) is 0 Å². The summed E-state index contributed by atoms with van der Waals surface area (Å²) in [5.74, 6) is 0. The first-order chi connectivity index (χ1) is 14.0. The van der Waals surface area contributed by atoms with E-state index < -0.39 is 77.1 Å². The molecule has 12 N–H and O–H groups in total. The van der Waals surface area contributed by atoms with Crippen molar-refractivity contribution in [3.05, 3.63) is 0 Å². The van der Waals surface area contributed by atoms with Crippen molar-refractivity contribution in [1.82, 2.24) is 0 Å². The van der Waals surface area contributed by atoms with Crippen LogP contribution in [0, 0.1) is 0 Å². The van der Waals surface area contributed by atoms with E-state index in [1.165, 1.54) is 0 Å². The molecular weight excluding hydrogens is 516 g/mol. The molecule has 0 spiro atoms. The van der Waals surface area contributed by atoms with E-state index in [-0.39, 0.29) is 83.7 Å². The van der Waals surface area contributed by atoms with Crippen molar-refractivity contribution in [2.24, 2.45) is 0 Å². The Kier molecular flexibility index (Phi) is 87.4. The molecular formula is C16H56O12S4. The molecule has 0 aliphatic rings. The lowest BCUT2D eigenvalue weighted by Crippen LogP contribution is -2.15. The maximum Gasteiger partial charge on any atom is 0.100 e. The van der Waals surface area contributed by atoms with Gasteiger partial charge in [-0.05, 0) is 0 Å². The molecule has 12 nitrogen and oxygen atoms in total. The van der Waals surface area contributed by atoms with Crippen LogP contribution in [0.5, 0.6) is 0 Å². The number of aliphatic hydroxyl groups excluding tert-OH is 8. The molecule has 0 radical (unpaired) electrons. The summed E-state index contributed by atoms with van der Waals surface area (Å²) in [4.78, 5) is 0. The van der Waals surface area contributed by atoms with Crippen LogP contribution in [0.15, 0.2) is 0 Å². The lowest BCUT2D eigenvalue weighted by atomic mass is 10.6. The normalized spacial score (nSPS) is 22.4. The zero-order valence-corrected chi connectivity index (χ0v) is 18.5. The predicted octanol–water partition coefficient (Wildman–Crippen LogP) is -3.68. The Bertz CT molecular complexity index is 396. The van der Waals surface area contributed by atoms with Crippen molar-refractivity contribution in [3.63, 3.8) is 0 Å². The third kappa shape index (κ3) is 96.7. The molecule has 0 rings (SSSR count). The van der Waals surface area contributed by atoms with Gasteiger partial charge in [-0.15, -0.1) is 0 Å². The molecule has 32 heavy (non-hydrogen) atoms. The second-order valence-corrected chi connectivity index (χ2v) is 3.11. The van der Waals surface area contributed by atoms with E-state index in [9.17, 15) is 0 Å². The zero-order chi connectivity index (χ0) is 27.1. The van der Waals surface area contributed by atoms with Crippen LogP contribution in [0.3, 0.4) is 0 Å². The summed E-state index contributed by atoms with van der Waals surface area (Å²) >= 11 is 0. The quantitative estimate of drug-likeness (QED) is 0.124. The number of hydrogen-bond donors (Lipinski definition) is 12. The van der Waals surface area contributed by atoms with E-state index >= 15 is 0 Å². The minimum absolute atomic E-state index is 0. The summed E-state index contributed by atoms with van der Waals surface area (Å²) in [7, 11) is 0. The molecule has 0 aromatic rings. The first-order valence-corrected chi connectivity index (χ1v) is 5.76. The van der Waals surface area contributed by atoms with Gasteiger partial charge in [0.05, 0.1) is 63.7 Å². The van der Waals surface area contributed by atoms with Gasteiger partial charge in [-0.2, -0.15) is 54.0 Å². The van der Waals surface area contributed by atoms with E-state index in [4.69, 9.17) is 72.2 Å². The third-order valence-electron chi connectivity index (χ3n) is 1.24. The average molecular weight is 581 g/mol. The van der Waals surface area contributed by atoms with Crippen LogP contribution < -0.4 is 0 Å². The molecule has 0 amide bonds. The van der Waals surface area contributed by atoms with Crippen molar-refractivity contribution in [3.8, 4) is 0 Å². The van der Waals surface area contributed by atoms with Crippen LogP contribution in [-0.2, 0) is 0 Å². The topological polar surface area (TPSA) is 243 Å². The second-order valence-electron chi connectivity index (χ2n) is 3.11. The van der Waals surface area contributed by atoms with Crippen molar-refractivity contribution in [1.29, 1.82) is 0 Å². The van der Waals surface area contributed by atoms with E-state index in [0.29, 0.717) is 0 Å². The summed E-state index contributed by atoms with van der Waals surface area (Å²) < 4.78 is 51.3. The lowest BCUT2D eigenvalue weighted by Gasteiger charge is -1.96. The molecule has 0 saturated heterocycles. The SMILES string of the molecule is C.C.C.C.S.S.S.S.[2H][13C@@H](O)[C@@]([2H])(O)CO.[2H][13C@@H](O)[C@]([2H])(O)CO.[2H][13C@H](O)[C@@]([2H])(O)CO.[2H][13C@H](O)[C@]([2H])(O)CO. The summed E-state index contributed by atoms with van der Waals surface area (Å²) in [6, 6.07) is 0. The van der Waals surface area contributed by atoms with Gasteiger partial charge < -0.3 is 61.3 Å². The first-order valence-electron chi connectivity index (χ1n) is 10.1. The maximum atomic E-state index is 8.38. The Morgan fingerprint density at radius 3 is 0.500 bits per heavy atom. The Balaban J connectivity index is -0.0000000245. The second kappa shape index (κ2) is 69.7. The van der Waals surface area contributed by atoms with Gasteiger partial charge in [0.2, 0.25) is 0 Å². The van der Waals surface area contributed by atoms with Gasteiger partial charge >= 0.3 is 0 Å². The largest absolute Gasteiger partial charge is 0.394 e. The molecule has 8 atom stereocenters. The molecule has 0 aromatic heterocycles. The number of aliphatic hydroxyl groups is 12. The molecule has 16 heteroatoms. The molecule has 216 valence electrons. The van der Waals surface area contributed by atoms with Crippen LogP contribution in [-0.4, -0.2) is 138 Å². The van der Waals surface area contributed by atoms with E-state index in [1.54, 1.807) is 0 Å². The lowest BCUT2D eigenvalue weighted by molar-refractivity contribution is 0.0450. The molecule has 0 aliphatic heterocycles. The molecule has 0 fully saturated rings. The molecule has 0 unspecified atom stereocenters. The summed E-state index contributed by atoms with van der Waals surface area (Å²) in [6.07, 6.45) is -9.72. The van der Waals surface area contributed by atoms with E-state index in [1.807, 2.05) is 0 Å². The van der Waals surface area contributed by atoms with Gasteiger partial charge in [-0.1, -0.05) is 29.7 Å². The van der Waals surface area contributed by atoms with Crippen LogP contribution >= 0.6 is 54.0 Å². The summed E-state index contributed by atoms with van der Waals surface area (Å²) in [5.41, 5.74) is 0. The van der Waals surface area contributed by atoms with E-state index in [2.05, 4.69) is 0 Å². The maximum absolute atomic E-state index is 8.38. The average Bonchev–Trinajstić information content (AvgIpc) is 2.68. The zero-order valence-electron chi connectivity index (χ0n) is 22.5. The highest BCUT2D eigenvalue weighted by Crippen LogP contribution is 1.73. The standard InChI is InChI=1S/4C3H8O3.4CH4.4H2S/c4*4-1-3(6)2-5;;;;;;;;/h4*3-6H,1-2H2;4*1H4;4*1H2/i4*1+1D,3D;;;;;;;;/t2*1-,3+;2*1-,3-;;;;;;;;/m1010......../s1. The fourth-order valence-corrected chi connectivity index (χ4v) is 0.163. The Morgan fingerprint density at radius 1 is 0.406 bits per heavy atom. The van der Waals surface area contributed by atoms with Gasteiger partial charge in [0, 0.05) is 0 Å². The Labute approximate surface area is 233 Å². The first kappa shape index (κ1) is 40.1. The molecule has 0 saturated carbocycles. The fourth-order valence-electron chi connectivity index (χ4n) is 0.163. The van der Waals surface area contributed by atoms with Gasteiger partial charge in [0.1, 0.15) is 24.3 Å². The van der Waals surface area contributed by atoms with Crippen LogP contribution in [0.1, 0.15) is 40.7 Å². The minimum Gasteiger partial charge on any atom is -0.394 e. The van der Waals surface area contributed by atoms with E-state index in [0.717, 1.165) is 0 Å². The van der Waals surface area contributed by atoms with Crippen LogP contribution in [0.4, 0.5) is 0 Å². The monoisotopic (exact) mass is 580 g/mol. The number of hydrogen-bond acceptors (Lipinski definition) is 12. The fraction of sp³-hybridized carbons (Fsp3) is 1.00. The smallest absolute Gasteiger partial charge is 0.100 e. The highest BCUT2D eigenvalue weighted by molar-refractivity contribution is 7.59. The Morgan fingerprint density at radius 2 is 0.500 bits per heavy atom. The Hall–Kier alpha value is 0.920. The molecule has 0 heterocycles. The molecule has 0 bridgehead atoms. The van der Waals surface area contributed by atoms with Crippen LogP contribution in [0.2, 0.25) is 0 Å². The van der Waals surface area contributed by atoms with Crippen LogP contribution in [0.25, 0.3) is 0 Å². The highest BCUT2D eigenvalue weighted by Gasteiger charge is 1.95. The van der Waals surface area contributed by atoms with Crippen molar-refractivity contribution < 1.29 is 72.2 Å². The van der Waals surface area contributed by atoms with Crippen molar-refractivity contribution >= 4 is 54.0 Å². The van der Waals surface area contributed by atoms with Crippen molar-refractivity contribution in [2.75, 3.05) is 52.8 Å². The van der Waals surface area contributed by atoms with Gasteiger partial charge in [0.15, 0.2) is 0 Å². The van der Waals surface area contributed by atoms with Gasteiger partial charge in [-0.3, -0.25) is 0 Å². The molecule has 0 aromatic carbocycles. The highest BCUT2D eigenvalue weighted by atomic mass is 32.1. The molecule has 0 aliphatic carbocycles. The summed E-state index contributed by atoms with van der Waals surface area (Å²) in [5, 5.41) is 98.3. The van der Waals surface area contributed by atoms with Gasteiger partial charge in [0.25, 0.3) is 0 Å². The predicted molar refractivity (Wildman–Crippen MR) is 149 cm³/mol. The minimum atomic E-state index is -2.43. The van der Waals surface area contributed by atoms with Crippen molar-refractivity contribution in [2.45, 2.75) is 54.0 Å². The third-order valence-corrected chi connectivity index (χ3v) is 1.24. The number of rotatable bonds is 8. The summed E-state index contributed by atoms with van der Waals surface area (Å²) in [6.45, 7) is -11.6.